The molecule has 3 aliphatic heterocycles. The van der Waals surface area contributed by atoms with Gasteiger partial charge in [-0.05, 0) is 38.0 Å². The maximum Gasteiger partial charge on any atom is 0.134 e. The average molecular weight is 338 g/mol. The van der Waals surface area contributed by atoms with E-state index in [-0.39, 0.29) is 0 Å². The van der Waals surface area contributed by atoms with Crippen LogP contribution in [0.5, 0.6) is 0 Å². The van der Waals surface area contributed by atoms with Crippen molar-refractivity contribution in [3.63, 3.8) is 0 Å². The van der Waals surface area contributed by atoms with Crippen LogP contribution >= 0.6 is 0 Å². The van der Waals surface area contributed by atoms with E-state index in [9.17, 15) is 0 Å². The number of fused-ring (bicyclic) bond motifs is 2. The van der Waals surface area contributed by atoms with E-state index in [1.54, 1.807) is 6.33 Å². The monoisotopic (exact) mass is 338 g/mol. The van der Waals surface area contributed by atoms with E-state index in [0.29, 0.717) is 0 Å². The number of aryl methyl sites for hydroxylation is 2. The summed E-state index contributed by atoms with van der Waals surface area (Å²) in [5.41, 5.74) is 4.13. The number of rotatable bonds is 3. The smallest absolute Gasteiger partial charge is 0.134 e. The third-order valence-electron chi connectivity index (χ3n) is 6.19. The highest BCUT2D eigenvalue weighted by atomic mass is 15.3. The fraction of sp³-hybridized carbons (Fsp3) is 0.632. The van der Waals surface area contributed by atoms with Gasteiger partial charge in [-0.25, -0.2) is 9.97 Å². The molecule has 2 atom stereocenters. The number of hydrogen-bond donors (Lipinski definition) is 0. The van der Waals surface area contributed by atoms with Gasteiger partial charge in [0, 0.05) is 62.3 Å². The Morgan fingerprint density at radius 2 is 1.92 bits per heavy atom. The van der Waals surface area contributed by atoms with Crippen LogP contribution < -0.4 is 4.90 Å². The van der Waals surface area contributed by atoms with Gasteiger partial charge in [-0.1, -0.05) is 0 Å². The Morgan fingerprint density at radius 3 is 2.72 bits per heavy atom. The van der Waals surface area contributed by atoms with Crippen LogP contribution in [0.1, 0.15) is 29.7 Å². The van der Waals surface area contributed by atoms with Gasteiger partial charge in [0.15, 0.2) is 0 Å². The summed E-state index contributed by atoms with van der Waals surface area (Å²) in [5, 5.41) is 4.60. The lowest BCUT2D eigenvalue weighted by Gasteiger charge is -2.23. The molecule has 0 aromatic carbocycles. The third kappa shape index (κ3) is 2.72. The molecular formula is C19H26N6. The Morgan fingerprint density at radius 1 is 1.08 bits per heavy atom. The van der Waals surface area contributed by atoms with Crippen molar-refractivity contribution in [3.05, 3.63) is 35.5 Å². The van der Waals surface area contributed by atoms with Crippen molar-refractivity contribution in [1.29, 1.82) is 0 Å². The number of likely N-dealkylation sites (tertiary alicyclic amines) is 1. The van der Waals surface area contributed by atoms with Gasteiger partial charge in [-0.15, -0.1) is 0 Å². The van der Waals surface area contributed by atoms with E-state index in [4.69, 9.17) is 0 Å². The van der Waals surface area contributed by atoms with E-state index in [2.05, 4.69) is 42.7 Å². The summed E-state index contributed by atoms with van der Waals surface area (Å²) < 4.78 is 2.23. The van der Waals surface area contributed by atoms with Crippen LogP contribution in [0.4, 0.5) is 5.82 Å². The Balaban J connectivity index is 1.24. The summed E-state index contributed by atoms with van der Waals surface area (Å²) in [6, 6.07) is 0. The first kappa shape index (κ1) is 15.3. The molecule has 2 saturated heterocycles. The molecule has 0 bridgehead atoms. The fourth-order valence-corrected chi connectivity index (χ4v) is 4.97. The Labute approximate surface area is 148 Å². The average Bonchev–Trinajstić information content (AvgIpc) is 3.29. The summed E-state index contributed by atoms with van der Waals surface area (Å²) in [7, 11) is 0. The van der Waals surface area contributed by atoms with Crippen molar-refractivity contribution in [2.24, 2.45) is 11.8 Å². The van der Waals surface area contributed by atoms with Crippen molar-refractivity contribution in [2.45, 2.75) is 39.3 Å². The van der Waals surface area contributed by atoms with Gasteiger partial charge < -0.3 is 4.90 Å². The lowest BCUT2D eigenvalue weighted by atomic mass is 10.0. The molecular weight excluding hydrogens is 312 g/mol. The van der Waals surface area contributed by atoms with Crippen LogP contribution in [0.15, 0.2) is 18.7 Å². The van der Waals surface area contributed by atoms with Gasteiger partial charge in [0.1, 0.15) is 12.1 Å². The molecule has 2 aromatic rings. The molecule has 0 saturated carbocycles. The van der Waals surface area contributed by atoms with Gasteiger partial charge in [0.05, 0.1) is 6.20 Å². The van der Waals surface area contributed by atoms with Crippen molar-refractivity contribution >= 4 is 5.82 Å². The second kappa shape index (κ2) is 6.09. The first-order chi connectivity index (χ1) is 12.3. The summed E-state index contributed by atoms with van der Waals surface area (Å²) in [4.78, 5) is 13.7. The van der Waals surface area contributed by atoms with Crippen LogP contribution in [0.2, 0.25) is 0 Å². The summed E-state index contributed by atoms with van der Waals surface area (Å²) in [6.07, 6.45) is 9.51. The van der Waals surface area contributed by atoms with Crippen molar-refractivity contribution < 1.29 is 0 Å². The van der Waals surface area contributed by atoms with Gasteiger partial charge in [-0.3, -0.25) is 9.58 Å². The largest absolute Gasteiger partial charge is 0.356 e. The predicted molar refractivity (Wildman–Crippen MR) is 96.4 cm³/mol. The minimum Gasteiger partial charge on any atom is -0.356 e. The molecule has 25 heavy (non-hydrogen) atoms. The van der Waals surface area contributed by atoms with Gasteiger partial charge in [-0.2, -0.15) is 5.10 Å². The Bertz CT molecular complexity index is 755. The molecule has 5 rings (SSSR count). The van der Waals surface area contributed by atoms with E-state index >= 15 is 0 Å². The van der Waals surface area contributed by atoms with Gasteiger partial charge in [0.2, 0.25) is 0 Å². The van der Waals surface area contributed by atoms with Crippen LogP contribution in [0.3, 0.4) is 0 Å². The maximum absolute atomic E-state index is 4.60. The van der Waals surface area contributed by atoms with Crippen molar-refractivity contribution in [1.82, 2.24) is 24.6 Å². The van der Waals surface area contributed by atoms with Crippen molar-refractivity contribution in [3.8, 4) is 0 Å². The molecule has 6 nitrogen and oxygen atoms in total. The molecule has 0 spiro atoms. The Hall–Kier alpha value is -1.95. The van der Waals surface area contributed by atoms with E-state index < -0.39 is 0 Å². The van der Waals surface area contributed by atoms with Crippen LogP contribution in [0.25, 0.3) is 0 Å². The number of anilines is 1. The first-order valence-electron chi connectivity index (χ1n) is 9.55. The second-order valence-electron chi connectivity index (χ2n) is 7.95. The highest BCUT2D eigenvalue weighted by Crippen LogP contribution is 2.35. The summed E-state index contributed by atoms with van der Waals surface area (Å²) in [6.45, 7) is 8.96. The molecule has 0 amide bonds. The topological polar surface area (TPSA) is 50.1 Å². The third-order valence-corrected chi connectivity index (χ3v) is 6.19. The normalized spacial score (nSPS) is 26.0. The standard InChI is InChI=1S/C19H26N6/c1-14-6-20-13-21-19(14)24-11-16-9-23(10-17(16)12-24)8-15-7-22-25-5-3-2-4-18(15)25/h6-7,13,16-17H,2-5,8-12H2,1H3. The van der Waals surface area contributed by atoms with Crippen LogP contribution in [-0.2, 0) is 19.5 Å². The minimum atomic E-state index is 0.765. The highest BCUT2D eigenvalue weighted by Gasteiger charge is 2.40. The second-order valence-corrected chi connectivity index (χ2v) is 7.95. The van der Waals surface area contributed by atoms with Gasteiger partial charge in [0.25, 0.3) is 0 Å². The fourth-order valence-electron chi connectivity index (χ4n) is 4.97. The minimum absolute atomic E-state index is 0.765. The molecule has 3 aliphatic rings. The lowest BCUT2D eigenvalue weighted by molar-refractivity contribution is 0.306. The molecule has 0 aliphatic carbocycles. The van der Waals surface area contributed by atoms with E-state index in [0.717, 1.165) is 43.8 Å². The highest BCUT2D eigenvalue weighted by molar-refractivity contribution is 5.46. The molecule has 132 valence electrons. The van der Waals surface area contributed by atoms with E-state index in [1.807, 2.05) is 6.20 Å². The molecule has 2 aromatic heterocycles. The SMILES string of the molecule is Cc1cncnc1N1CC2CN(Cc3cnn4c3CCCC4)CC2C1. The van der Waals surface area contributed by atoms with Crippen LogP contribution in [-0.4, -0.2) is 50.8 Å². The quantitative estimate of drug-likeness (QED) is 0.855. The maximum atomic E-state index is 4.60. The Kier molecular flexibility index (Phi) is 3.73. The molecule has 5 heterocycles. The molecule has 2 fully saturated rings. The molecule has 0 radical (unpaired) electrons. The molecule has 0 N–H and O–H groups in total. The molecule has 2 unspecified atom stereocenters. The zero-order valence-electron chi connectivity index (χ0n) is 14.9. The van der Waals surface area contributed by atoms with Crippen molar-refractivity contribution in [2.75, 3.05) is 31.1 Å². The predicted octanol–water partition coefficient (Wildman–Crippen LogP) is 1.89. The van der Waals surface area contributed by atoms with Gasteiger partial charge >= 0.3 is 0 Å². The first-order valence-corrected chi connectivity index (χ1v) is 9.55. The number of aromatic nitrogens is 4. The number of nitrogens with zero attached hydrogens (tertiary/aromatic N) is 6. The lowest BCUT2D eigenvalue weighted by Crippen LogP contribution is -2.29. The summed E-state index contributed by atoms with van der Waals surface area (Å²) >= 11 is 0. The zero-order valence-corrected chi connectivity index (χ0v) is 14.9. The zero-order chi connectivity index (χ0) is 16.8. The van der Waals surface area contributed by atoms with E-state index in [1.165, 1.54) is 49.2 Å². The summed E-state index contributed by atoms with van der Waals surface area (Å²) in [5.74, 6) is 2.66. The van der Waals surface area contributed by atoms with Crippen LogP contribution in [0, 0.1) is 18.8 Å². The number of hydrogen-bond acceptors (Lipinski definition) is 5. The molecule has 6 heteroatoms.